The average Bonchev–Trinajstić information content (AvgIpc) is 3.94. The van der Waals surface area contributed by atoms with Gasteiger partial charge in [0.15, 0.2) is 0 Å². The molecule has 0 radical (unpaired) electrons. The topological polar surface area (TPSA) is 111 Å². The van der Waals surface area contributed by atoms with E-state index in [1.807, 2.05) is 122 Å². The molecule has 0 spiro atoms. The number of benzene rings is 4. The number of nitrogens with two attached hydrogens (primary N) is 1. The maximum absolute atomic E-state index is 14.8. The van der Waals surface area contributed by atoms with Crippen LogP contribution in [0.3, 0.4) is 0 Å². The van der Waals surface area contributed by atoms with Gasteiger partial charge in [0.05, 0.1) is 18.6 Å². The molecule has 1 aliphatic carbocycles. The fourth-order valence-corrected chi connectivity index (χ4v) is 5.71. The van der Waals surface area contributed by atoms with Crippen molar-refractivity contribution in [2.45, 2.75) is 57.2 Å². The van der Waals surface area contributed by atoms with Gasteiger partial charge in [-0.05, 0) is 72.9 Å². The van der Waals surface area contributed by atoms with Crippen LogP contribution in [0.2, 0.25) is 0 Å². The van der Waals surface area contributed by atoms with Crippen LogP contribution in [0.1, 0.15) is 66.8 Å². The first-order chi connectivity index (χ1) is 22.9. The van der Waals surface area contributed by atoms with Crippen molar-refractivity contribution in [2.75, 3.05) is 13.2 Å². The summed E-state index contributed by atoms with van der Waals surface area (Å²) in [6, 6.07) is 34.8. The summed E-state index contributed by atoms with van der Waals surface area (Å²) < 4.78 is 11.3. The molecule has 2 atom stereocenters. The minimum Gasteiger partial charge on any atom is -0.493 e. The molecule has 0 aromatic heterocycles. The van der Waals surface area contributed by atoms with E-state index in [-0.39, 0.29) is 25.5 Å². The van der Waals surface area contributed by atoms with E-state index in [0.717, 1.165) is 28.0 Å². The molecule has 47 heavy (non-hydrogen) atoms. The van der Waals surface area contributed by atoms with Crippen molar-refractivity contribution in [2.24, 2.45) is 11.7 Å². The van der Waals surface area contributed by atoms with Crippen molar-refractivity contribution >= 4 is 17.9 Å². The van der Waals surface area contributed by atoms with Crippen molar-refractivity contribution in [1.29, 1.82) is 0 Å². The molecule has 4 aromatic carbocycles. The Kier molecular flexibility index (Phi) is 11.6. The Hall–Kier alpha value is -5.11. The second-order valence-corrected chi connectivity index (χ2v) is 12.0. The van der Waals surface area contributed by atoms with Crippen LogP contribution in [0.4, 0.5) is 4.79 Å². The van der Waals surface area contributed by atoms with Gasteiger partial charge in [-0.3, -0.25) is 9.59 Å². The molecule has 4 aromatic rings. The molecule has 8 nitrogen and oxygen atoms in total. The maximum atomic E-state index is 14.8. The summed E-state index contributed by atoms with van der Waals surface area (Å²) in [4.78, 5) is 42.0. The van der Waals surface area contributed by atoms with E-state index in [9.17, 15) is 14.4 Å². The SMILES string of the molecule is C[C@H](c1ccc(OCC2CC2)cc1)N(C(=O)C(c1ccccc1)c1ccccc1)[C@H](CCCNC(=O)OCc1ccccc1)C(N)=O. The summed E-state index contributed by atoms with van der Waals surface area (Å²) in [6.07, 6.45) is 2.51. The lowest BCUT2D eigenvalue weighted by molar-refractivity contribution is -0.142. The molecule has 244 valence electrons. The molecule has 0 bridgehead atoms. The highest BCUT2D eigenvalue weighted by molar-refractivity contribution is 5.92. The highest BCUT2D eigenvalue weighted by Gasteiger charge is 2.37. The highest BCUT2D eigenvalue weighted by Crippen LogP contribution is 2.34. The molecule has 5 rings (SSSR count). The van der Waals surface area contributed by atoms with Crippen molar-refractivity contribution in [1.82, 2.24) is 10.2 Å². The summed E-state index contributed by atoms with van der Waals surface area (Å²) in [6.45, 7) is 3.02. The number of hydrogen-bond acceptors (Lipinski definition) is 5. The zero-order valence-corrected chi connectivity index (χ0v) is 26.8. The normalized spacial score (nSPS) is 13.7. The van der Waals surface area contributed by atoms with Gasteiger partial charge in [-0.25, -0.2) is 4.79 Å². The number of ether oxygens (including phenoxy) is 2. The molecule has 0 saturated heterocycles. The summed E-state index contributed by atoms with van der Waals surface area (Å²) in [5.74, 6) is -0.0990. The Bertz CT molecular complexity index is 1540. The van der Waals surface area contributed by atoms with Gasteiger partial charge in [-0.15, -0.1) is 0 Å². The lowest BCUT2D eigenvalue weighted by Gasteiger charge is -2.38. The predicted octanol–water partition coefficient (Wildman–Crippen LogP) is 6.76. The third-order valence-corrected chi connectivity index (χ3v) is 8.53. The van der Waals surface area contributed by atoms with Gasteiger partial charge in [-0.1, -0.05) is 103 Å². The molecular formula is C39H43N3O5. The summed E-state index contributed by atoms with van der Waals surface area (Å²) in [7, 11) is 0. The van der Waals surface area contributed by atoms with E-state index in [2.05, 4.69) is 5.32 Å². The Balaban J connectivity index is 1.36. The van der Waals surface area contributed by atoms with E-state index in [0.29, 0.717) is 18.9 Å². The number of alkyl carbamates (subject to hydrolysis) is 1. The van der Waals surface area contributed by atoms with Crippen molar-refractivity contribution in [3.8, 4) is 5.75 Å². The van der Waals surface area contributed by atoms with Gasteiger partial charge in [0, 0.05) is 6.54 Å². The second-order valence-electron chi connectivity index (χ2n) is 12.0. The largest absolute Gasteiger partial charge is 0.493 e. The summed E-state index contributed by atoms with van der Waals surface area (Å²) in [5.41, 5.74) is 9.42. The zero-order valence-electron chi connectivity index (χ0n) is 26.8. The van der Waals surface area contributed by atoms with Gasteiger partial charge in [0.25, 0.3) is 0 Å². The molecule has 0 unspecified atom stereocenters. The van der Waals surface area contributed by atoms with Crippen LogP contribution in [0.15, 0.2) is 115 Å². The van der Waals surface area contributed by atoms with E-state index in [1.165, 1.54) is 12.8 Å². The molecular weight excluding hydrogens is 590 g/mol. The number of rotatable bonds is 16. The van der Waals surface area contributed by atoms with Gasteiger partial charge < -0.3 is 25.4 Å². The number of hydrogen-bond donors (Lipinski definition) is 2. The number of nitrogens with one attached hydrogen (secondary N) is 1. The quantitative estimate of drug-likeness (QED) is 0.133. The van der Waals surface area contributed by atoms with Crippen molar-refractivity contribution in [3.05, 3.63) is 138 Å². The summed E-state index contributed by atoms with van der Waals surface area (Å²) in [5, 5.41) is 2.75. The lowest BCUT2D eigenvalue weighted by Crippen LogP contribution is -2.51. The molecule has 3 amide bonds. The first kappa shape index (κ1) is 33.3. The molecule has 0 aliphatic heterocycles. The number of nitrogens with zero attached hydrogens (tertiary/aromatic N) is 1. The maximum Gasteiger partial charge on any atom is 0.407 e. The van der Waals surface area contributed by atoms with Crippen LogP contribution < -0.4 is 15.8 Å². The molecule has 1 fully saturated rings. The van der Waals surface area contributed by atoms with Gasteiger partial charge >= 0.3 is 6.09 Å². The zero-order chi connectivity index (χ0) is 33.0. The Labute approximate surface area is 276 Å². The molecule has 1 saturated carbocycles. The van der Waals surface area contributed by atoms with Gasteiger partial charge in [-0.2, -0.15) is 0 Å². The van der Waals surface area contributed by atoms with E-state index in [4.69, 9.17) is 15.2 Å². The van der Waals surface area contributed by atoms with Crippen LogP contribution >= 0.6 is 0 Å². The van der Waals surface area contributed by atoms with Crippen molar-refractivity contribution in [3.63, 3.8) is 0 Å². The van der Waals surface area contributed by atoms with Gasteiger partial charge in [0.2, 0.25) is 11.8 Å². The fourth-order valence-electron chi connectivity index (χ4n) is 5.71. The molecule has 1 aliphatic rings. The monoisotopic (exact) mass is 633 g/mol. The first-order valence-electron chi connectivity index (χ1n) is 16.3. The lowest BCUT2D eigenvalue weighted by atomic mass is 9.88. The number of primary amides is 1. The Morgan fingerprint density at radius 1 is 0.809 bits per heavy atom. The standard InChI is InChI=1S/C39H43N3O5/c1-28(31-21-23-34(24-22-31)46-26-30-19-20-30)42(38(44)36(32-14-7-3-8-15-32)33-16-9-4-10-17-33)35(37(40)43)18-11-25-41-39(45)47-27-29-12-5-2-6-13-29/h2-10,12-17,21-24,28,30,35-36H,11,18-20,25-27H2,1H3,(H2,40,43)(H,41,45)/t28-,35-/m1/s1. The molecule has 3 N–H and O–H groups in total. The van der Waals surface area contributed by atoms with Crippen LogP contribution in [-0.2, 0) is 20.9 Å². The third-order valence-electron chi connectivity index (χ3n) is 8.53. The van der Waals surface area contributed by atoms with Crippen LogP contribution in [0.5, 0.6) is 5.75 Å². The van der Waals surface area contributed by atoms with Crippen LogP contribution in [-0.4, -0.2) is 42.0 Å². The van der Waals surface area contributed by atoms with E-state index in [1.54, 1.807) is 4.90 Å². The third kappa shape index (κ3) is 9.45. The Morgan fingerprint density at radius 3 is 1.94 bits per heavy atom. The number of carbonyl (C=O) groups is 3. The number of amides is 3. The molecule has 0 heterocycles. The highest BCUT2D eigenvalue weighted by atomic mass is 16.5. The van der Waals surface area contributed by atoms with Crippen molar-refractivity contribution < 1.29 is 23.9 Å². The van der Waals surface area contributed by atoms with E-state index < -0.39 is 30.0 Å². The first-order valence-corrected chi connectivity index (χ1v) is 16.3. The Morgan fingerprint density at radius 2 is 1.38 bits per heavy atom. The smallest absolute Gasteiger partial charge is 0.407 e. The van der Waals surface area contributed by atoms with E-state index >= 15 is 0 Å². The van der Waals surface area contributed by atoms with Crippen LogP contribution in [0, 0.1) is 5.92 Å². The predicted molar refractivity (Wildman–Crippen MR) is 181 cm³/mol. The second kappa shape index (κ2) is 16.5. The minimum absolute atomic E-state index is 0.154. The average molecular weight is 634 g/mol. The minimum atomic E-state index is -0.930. The summed E-state index contributed by atoms with van der Waals surface area (Å²) >= 11 is 0. The van der Waals surface area contributed by atoms with Gasteiger partial charge in [0.1, 0.15) is 18.4 Å². The van der Waals surface area contributed by atoms with Crippen LogP contribution in [0.25, 0.3) is 0 Å². The number of carbonyl (C=O) groups excluding carboxylic acids is 3. The fraction of sp³-hybridized carbons (Fsp3) is 0.308. The molecule has 8 heteroatoms.